The number of carbonyl (C=O) groups is 1. The third-order valence-electron chi connectivity index (χ3n) is 14.4. The number of rotatable bonds is 46. The highest BCUT2D eigenvalue weighted by molar-refractivity contribution is 5.76. The van der Waals surface area contributed by atoms with Gasteiger partial charge >= 0.3 is 0 Å². The zero-order valence-corrected chi connectivity index (χ0v) is 44.7. The highest BCUT2D eigenvalue weighted by Gasteiger charge is 2.51. The summed E-state index contributed by atoms with van der Waals surface area (Å²) in [6.45, 7) is 2.64. The number of nitrogens with one attached hydrogen (secondary N) is 1. The van der Waals surface area contributed by atoms with Crippen molar-refractivity contribution in [3.63, 3.8) is 0 Å². The number of carbonyl (C=O) groups excluding carboxylic acids is 1. The molecule has 1 amide bonds. The van der Waals surface area contributed by atoms with Crippen LogP contribution >= 0.6 is 0 Å². The molecule has 2 aliphatic heterocycles. The third-order valence-corrected chi connectivity index (χ3v) is 14.4. The highest BCUT2D eigenvalue weighted by atomic mass is 16.7. The van der Waals surface area contributed by atoms with Gasteiger partial charge in [-0.05, 0) is 38.5 Å². The summed E-state index contributed by atoms with van der Waals surface area (Å²) >= 11 is 0. The van der Waals surface area contributed by atoms with Crippen LogP contribution in [0.1, 0.15) is 239 Å². The lowest BCUT2D eigenvalue weighted by molar-refractivity contribution is -0.359. The van der Waals surface area contributed by atoms with E-state index in [4.69, 9.17) is 18.9 Å². The monoisotopic (exact) mass is 1010 g/mol. The molecule has 2 aliphatic rings. The van der Waals surface area contributed by atoms with Crippen LogP contribution in [0.15, 0.2) is 24.3 Å². The molecule has 14 heteroatoms. The van der Waals surface area contributed by atoms with Crippen molar-refractivity contribution in [1.29, 1.82) is 0 Å². The summed E-state index contributed by atoms with van der Waals surface area (Å²) in [5, 5.41) is 86.1. The molecular formula is C57H107NO13. The van der Waals surface area contributed by atoms with Crippen molar-refractivity contribution in [2.24, 2.45) is 0 Å². The van der Waals surface area contributed by atoms with Gasteiger partial charge in [0, 0.05) is 6.42 Å². The van der Waals surface area contributed by atoms with Gasteiger partial charge < -0.3 is 65.1 Å². The Balaban J connectivity index is 1.51. The van der Waals surface area contributed by atoms with Crippen LogP contribution in [0.2, 0.25) is 0 Å². The number of hydrogen-bond donors (Lipinski definition) is 9. The second-order valence-corrected chi connectivity index (χ2v) is 20.8. The van der Waals surface area contributed by atoms with Gasteiger partial charge in [0.05, 0.1) is 32.0 Å². The van der Waals surface area contributed by atoms with Gasteiger partial charge in [0.2, 0.25) is 5.91 Å². The SMILES string of the molecule is CCCC/C=C/C(O)C(COC1OC(CO)C(OC2OC(CO)C(O)C(O)C2O)C(O)C1O)NC(=O)CCCCCCCCCCCCCCCCCCCCCCC/C=C\CCCCCCCCCC. The molecule has 12 atom stereocenters. The van der Waals surface area contributed by atoms with E-state index in [0.29, 0.717) is 6.42 Å². The van der Waals surface area contributed by atoms with Crippen molar-refractivity contribution in [2.45, 2.75) is 312 Å². The maximum Gasteiger partial charge on any atom is 0.220 e. The smallest absolute Gasteiger partial charge is 0.220 e. The summed E-state index contributed by atoms with van der Waals surface area (Å²) in [6, 6.07) is -0.907. The van der Waals surface area contributed by atoms with E-state index in [0.717, 1.165) is 38.5 Å². The molecule has 2 heterocycles. The molecule has 0 saturated carbocycles. The van der Waals surface area contributed by atoms with E-state index < -0.39 is 86.8 Å². The van der Waals surface area contributed by atoms with Gasteiger partial charge in [0.15, 0.2) is 12.6 Å². The molecule has 0 radical (unpaired) electrons. The minimum absolute atomic E-state index is 0.245. The molecular weight excluding hydrogens is 907 g/mol. The van der Waals surface area contributed by atoms with E-state index in [1.165, 1.54) is 173 Å². The van der Waals surface area contributed by atoms with Crippen molar-refractivity contribution in [3.8, 4) is 0 Å². The zero-order valence-electron chi connectivity index (χ0n) is 44.7. The van der Waals surface area contributed by atoms with E-state index >= 15 is 0 Å². The second kappa shape index (κ2) is 43.7. The lowest BCUT2D eigenvalue weighted by Crippen LogP contribution is -2.65. The van der Waals surface area contributed by atoms with Crippen molar-refractivity contribution < 1.29 is 64.6 Å². The number of amides is 1. The van der Waals surface area contributed by atoms with Gasteiger partial charge in [-0.25, -0.2) is 0 Å². The average molecular weight is 1010 g/mol. The summed E-state index contributed by atoms with van der Waals surface area (Å²) in [5.41, 5.74) is 0. The average Bonchev–Trinajstić information content (AvgIpc) is 3.37. The lowest BCUT2D eigenvalue weighted by atomic mass is 9.97. The first-order valence-electron chi connectivity index (χ1n) is 29.1. The van der Waals surface area contributed by atoms with Gasteiger partial charge in [0.1, 0.15) is 48.8 Å². The molecule has 2 rings (SSSR count). The first-order chi connectivity index (χ1) is 34.6. The van der Waals surface area contributed by atoms with Crippen molar-refractivity contribution in [1.82, 2.24) is 5.32 Å². The van der Waals surface area contributed by atoms with Crippen LogP contribution in [0, 0.1) is 0 Å². The van der Waals surface area contributed by atoms with Crippen LogP contribution in [-0.2, 0) is 23.7 Å². The Labute approximate surface area is 430 Å². The summed E-state index contributed by atoms with van der Waals surface area (Å²) < 4.78 is 22.5. The minimum atomic E-state index is -1.78. The second-order valence-electron chi connectivity index (χ2n) is 20.8. The molecule has 0 aromatic carbocycles. The molecule has 0 aliphatic carbocycles. The van der Waals surface area contributed by atoms with Gasteiger partial charge in [-0.2, -0.15) is 0 Å². The molecule has 0 aromatic rings. The maximum atomic E-state index is 13.1. The van der Waals surface area contributed by atoms with Gasteiger partial charge in [-0.3, -0.25) is 4.79 Å². The molecule has 0 bridgehead atoms. The predicted molar refractivity (Wildman–Crippen MR) is 282 cm³/mol. The molecule has 2 saturated heterocycles. The van der Waals surface area contributed by atoms with E-state index in [9.17, 15) is 45.6 Å². The Morgan fingerprint density at radius 2 is 0.901 bits per heavy atom. The molecule has 418 valence electrons. The number of aliphatic hydroxyl groups excluding tert-OH is 8. The number of allylic oxidation sites excluding steroid dienone is 3. The van der Waals surface area contributed by atoms with Crippen molar-refractivity contribution in [3.05, 3.63) is 24.3 Å². The standard InChI is InChI=1S/C57H107NO13/c1-3-5-7-9-10-11-12-13-14-15-16-17-18-19-20-21-22-23-24-25-26-27-28-29-30-31-32-33-34-35-36-37-39-41-49(62)58-45(46(61)40-38-8-6-4-2)44-68-56-54(67)52(65)55(48(43-60)70-56)71-57-53(66)51(64)50(63)47(42-59)69-57/h15-16,38,40,45-48,50-57,59-61,63-67H,3-14,17-37,39,41-44H2,1-2H3,(H,58,62)/b16-15-,40-38+. The topological polar surface area (TPSA) is 228 Å². The molecule has 71 heavy (non-hydrogen) atoms. The summed E-state index contributed by atoms with van der Waals surface area (Å²) in [7, 11) is 0. The largest absolute Gasteiger partial charge is 0.394 e. The lowest BCUT2D eigenvalue weighted by Gasteiger charge is -2.46. The van der Waals surface area contributed by atoms with Crippen LogP contribution in [0.5, 0.6) is 0 Å². The number of aliphatic hydroxyl groups is 8. The summed E-state index contributed by atoms with van der Waals surface area (Å²) in [6.07, 6.45) is 34.9. The van der Waals surface area contributed by atoms with Gasteiger partial charge in [-0.15, -0.1) is 0 Å². The van der Waals surface area contributed by atoms with Gasteiger partial charge in [0.25, 0.3) is 0 Å². The Bertz CT molecular complexity index is 1290. The fourth-order valence-electron chi connectivity index (χ4n) is 9.63. The highest BCUT2D eigenvalue weighted by Crippen LogP contribution is 2.30. The first kappa shape index (κ1) is 65.6. The Hall–Kier alpha value is -1.53. The fraction of sp³-hybridized carbons (Fsp3) is 0.912. The number of ether oxygens (including phenoxy) is 4. The van der Waals surface area contributed by atoms with Crippen molar-refractivity contribution in [2.75, 3.05) is 19.8 Å². The van der Waals surface area contributed by atoms with Crippen LogP contribution in [0.25, 0.3) is 0 Å². The Morgan fingerprint density at radius 3 is 1.37 bits per heavy atom. The molecule has 12 unspecified atom stereocenters. The van der Waals surface area contributed by atoms with E-state index in [-0.39, 0.29) is 18.9 Å². The molecule has 2 fully saturated rings. The summed E-state index contributed by atoms with van der Waals surface area (Å²) in [4.78, 5) is 13.1. The number of unbranched alkanes of at least 4 members (excludes halogenated alkanes) is 31. The van der Waals surface area contributed by atoms with E-state index in [1.54, 1.807) is 6.08 Å². The zero-order chi connectivity index (χ0) is 51.7. The normalized spacial score (nSPS) is 25.9. The molecule has 0 aromatic heterocycles. The summed E-state index contributed by atoms with van der Waals surface area (Å²) in [5.74, 6) is -0.245. The van der Waals surface area contributed by atoms with Crippen LogP contribution in [-0.4, -0.2) is 140 Å². The van der Waals surface area contributed by atoms with E-state index in [1.807, 2.05) is 6.08 Å². The third kappa shape index (κ3) is 30.0. The Morgan fingerprint density at radius 1 is 0.493 bits per heavy atom. The van der Waals surface area contributed by atoms with Crippen molar-refractivity contribution >= 4 is 5.91 Å². The molecule has 14 nitrogen and oxygen atoms in total. The fourth-order valence-corrected chi connectivity index (χ4v) is 9.63. The van der Waals surface area contributed by atoms with Crippen LogP contribution in [0.4, 0.5) is 0 Å². The number of hydrogen-bond acceptors (Lipinski definition) is 13. The first-order valence-corrected chi connectivity index (χ1v) is 29.1. The Kier molecular flexibility index (Phi) is 40.4. The quantitative estimate of drug-likeness (QED) is 0.0205. The van der Waals surface area contributed by atoms with Gasteiger partial charge in [-0.1, -0.05) is 218 Å². The van der Waals surface area contributed by atoms with Crippen LogP contribution in [0.3, 0.4) is 0 Å². The maximum absolute atomic E-state index is 13.1. The van der Waals surface area contributed by atoms with Crippen LogP contribution < -0.4 is 5.32 Å². The minimum Gasteiger partial charge on any atom is -0.394 e. The molecule has 0 spiro atoms. The predicted octanol–water partition coefficient (Wildman–Crippen LogP) is 9.28. The van der Waals surface area contributed by atoms with E-state index in [2.05, 4.69) is 31.3 Å². The molecule has 9 N–H and O–H groups in total.